The van der Waals surface area contributed by atoms with Gasteiger partial charge in [-0.3, -0.25) is 14.5 Å². The SMILES string of the molecule is O=[N+]([O-])c1cn2c(n1)OCCN(Cc1ccc(-c3ccc(C(F)(F)F)cc3)cn1)CC2. The van der Waals surface area contributed by atoms with Gasteiger partial charge in [0.2, 0.25) is 0 Å². The number of fused-ring (bicyclic) bond motifs is 1. The van der Waals surface area contributed by atoms with Gasteiger partial charge in [0.25, 0.3) is 0 Å². The van der Waals surface area contributed by atoms with E-state index in [-0.39, 0.29) is 11.8 Å². The van der Waals surface area contributed by atoms with E-state index in [1.807, 2.05) is 12.1 Å². The maximum atomic E-state index is 12.7. The lowest BCUT2D eigenvalue weighted by Crippen LogP contribution is -2.33. The van der Waals surface area contributed by atoms with Crippen LogP contribution in [0.3, 0.4) is 0 Å². The van der Waals surface area contributed by atoms with Crippen molar-refractivity contribution < 1.29 is 22.8 Å². The quantitative estimate of drug-likeness (QED) is 0.460. The van der Waals surface area contributed by atoms with E-state index in [9.17, 15) is 23.3 Å². The van der Waals surface area contributed by atoms with Crippen molar-refractivity contribution in [2.45, 2.75) is 19.3 Å². The van der Waals surface area contributed by atoms with Gasteiger partial charge in [0.15, 0.2) is 0 Å². The van der Waals surface area contributed by atoms with E-state index in [0.29, 0.717) is 38.3 Å². The Bertz CT molecular complexity index is 1070. The number of pyridine rings is 1. The largest absolute Gasteiger partial charge is 0.444 e. The summed E-state index contributed by atoms with van der Waals surface area (Å²) in [5.74, 6) is -0.246. The van der Waals surface area contributed by atoms with Crippen LogP contribution in [0, 0.1) is 10.1 Å². The van der Waals surface area contributed by atoms with Gasteiger partial charge in [0, 0.05) is 42.9 Å². The summed E-state index contributed by atoms with van der Waals surface area (Å²) in [6, 6.07) is 8.86. The van der Waals surface area contributed by atoms with Gasteiger partial charge < -0.3 is 14.9 Å². The number of halogens is 3. The highest BCUT2D eigenvalue weighted by Crippen LogP contribution is 2.31. The molecule has 31 heavy (non-hydrogen) atoms. The molecule has 3 aromatic rings. The first-order chi connectivity index (χ1) is 14.8. The van der Waals surface area contributed by atoms with Crippen LogP contribution >= 0.6 is 0 Å². The van der Waals surface area contributed by atoms with Crippen molar-refractivity contribution in [1.82, 2.24) is 19.4 Å². The summed E-state index contributed by atoms with van der Waals surface area (Å²) < 4.78 is 45.3. The highest BCUT2D eigenvalue weighted by molar-refractivity contribution is 5.62. The summed E-state index contributed by atoms with van der Waals surface area (Å²) in [4.78, 5) is 20.7. The van der Waals surface area contributed by atoms with Crippen molar-refractivity contribution in [3.8, 4) is 17.1 Å². The van der Waals surface area contributed by atoms with Crippen LogP contribution in [-0.4, -0.2) is 44.1 Å². The van der Waals surface area contributed by atoms with Crippen LogP contribution in [0.25, 0.3) is 11.1 Å². The lowest BCUT2D eigenvalue weighted by molar-refractivity contribution is -0.389. The first-order valence-corrected chi connectivity index (χ1v) is 9.49. The van der Waals surface area contributed by atoms with Gasteiger partial charge >= 0.3 is 18.0 Å². The topological polar surface area (TPSA) is 86.3 Å². The third kappa shape index (κ3) is 4.82. The third-order valence-corrected chi connectivity index (χ3v) is 4.97. The van der Waals surface area contributed by atoms with E-state index in [1.165, 1.54) is 18.3 Å². The molecular formula is C20H18F3N5O3. The fourth-order valence-corrected chi connectivity index (χ4v) is 3.30. The molecule has 0 spiro atoms. The summed E-state index contributed by atoms with van der Waals surface area (Å²) in [7, 11) is 0. The molecule has 0 bridgehead atoms. The maximum Gasteiger partial charge on any atom is 0.416 e. The van der Waals surface area contributed by atoms with Gasteiger partial charge in [-0.15, -0.1) is 0 Å². The van der Waals surface area contributed by atoms with Crippen LogP contribution in [0.4, 0.5) is 19.0 Å². The fraction of sp³-hybridized carbons (Fsp3) is 0.300. The standard InChI is InChI=1S/C20H18F3N5O3/c21-20(22,23)16-4-1-14(2-5-16)15-3-6-17(24-11-15)12-26-7-8-27-13-18(28(29)30)25-19(27)31-10-9-26/h1-6,11,13H,7-10,12H2. The van der Waals surface area contributed by atoms with E-state index in [4.69, 9.17) is 4.74 Å². The van der Waals surface area contributed by atoms with Crippen molar-refractivity contribution in [2.75, 3.05) is 19.7 Å². The van der Waals surface area contributed by atoms with Gasteiger partial charge in [-0.05, 0) is 28.7 Å². The van der Waals surface area contributed by atoms with Crippen LogP contribution in [0.5, 0.6) is 6.01 Å². The Balaban J connectivity index is 1.40. The van der Waals surface area contributed by atoms with Crippen molar-refractivity contribution in [1.29, 1.82) is 0 Å². The van der Waals surface area contributed by atoms with Crippen molar-refractivity contribution in [3.05, 3.63) is 70.2 Å². The Morgan fingerprint density at radius 2 is 1.81 bits per heavy atom. The summed E-state index contributed by atoms with van der Waals surface area (Å²) in [5, 5.41) is 10.9. The zero-order valence-electron chi connectivity index (χ0n) is 16.2. The molecule has 3 heterocycles. The molecule has 162 valence electrons. The first kappa shape index (κ1) is 20.8. The number of nitro groups is 1. The zero-order chi connectivity index (χ0) is 22.0. The Kier molecular flexibility index (Phi) is 5.59. The monoisotopic (exact) mass is 433 g/mol. The summed E-state index contributed by atoms with van der Waals surface area (Å²) in [6.45, 7) is 2.59. The van der Waals surface area contributed by atoms with Crippen LogP contribution in [0.15, 0.2) is 48.8 Å². The Morgan fingerprint density at radius 1 is 1.06 bits per heavy atom. The molecule has 4 rings (SSSR count). The second-order valence-corrected chi connectivity index (χ2v) is 7.07. The maximum absolute atomic E-state index is 12.7. The number of nitrogens with zero attached hydrogens (tertiary/aromatic N) is 5. The molecule has 2 aromatic heterocycles. The smallest absolute Gasteiger partial charge is 0.416 e. The van der Waals surface area contributed by atoms with E-state index in [1.54, 1.807) is 10.8 Å². The molecule has 1 aliphatic rings. The molecule has 8 nitrogen and oxygen atoms in total. The van der Waals surface area contributed by atoms with Gasteiger partial charge in [0.05, 0.1) is 11.3 Å². The molecule has 11 heteroatoms. The van der Waals surface area contributed by atoms with Crippen LogP contribution in [0.2, 0.25) is 0 Å². The van der Waals surface area contributed by atoms with Gasteiger partial charge in [-0.2, -0.15) is 13.2 Å². The number of benzene rings is 1. The average Bonchev–Trinajstić information content (AvgIpc) is 3.13. The average molecular weight is 433 g/mol. The van der Waals surface area contributed by atoms with Crippen molar-refractivity contribution >= 4 is 5.82 Å². The minimum atomic E-state index is -4.36. The third-order valence-electron chi connectivity index (χ3n) is 4.97. The predicted molar refractivity (Wildman–Crippen MR) is 104 cm³/mol. The molecule has 0 N–H and O–H groups in total. The Labute approximate surface area is 175 Å². The molecule has 1 aliphatic heterocycles. The molecule has 0 amide bonds. The first-order valence-electron chi connectivity index (χ1n) is 9.49. The van der Waals surface area contributed by atoms with Crippen LogP contribution < -0.4 is 4.74 Å². The lowest BCUT2D eigenvalue weighted by atomic mass is 10.1. The van der Waals surface area contributed by atoms with Gasteiger partial charge in [-0.1, -0.05) is 18.2 Å². The number of imidazole rings is 1. The number of ether oxygens (including phenoxy) is 1. The summed E-state index contributed by atoms with van der Waals surface area (Å²) >= 11 is 0. The van der Waals surface area contributed by atoms with E-state index in [0.717, 1.165) is 23.4 Å². The molecule has 0 saturated heterocycles. The van der Waals surface area contributed by atoms with E-state index < -0.39 is 16.7 Å². The molecular weight excluding hydrogens is 415 g/mol. The van der Waals surface area contributed by atoms with Gasteiger partial charge in [-0.25, -0.2) is 0 Å². The highest BCUT2D eigenvalue weighted by Gasteiger charge is 2.30. The summed E-state index contributed by atoms with van der Waals surface area (Å²) in [5.41, 5.74) is 1.49. The fourth-order valence-electron chi connectivity index (χ4n) is 3.30. The molecule has 0 aliphatic carbocycles. The number of rotatable bonds is 4. The number of aromatic nitrogens is 3. The molecule has 1 aromatic carbocycles. The number of hydrogen-bond donors (Lipinski definition) is 0. The highest BCUT2D eigenvalue weighted by atomic mass is 19.4. The zero-order valence-corrected chi connectivity index (χ0v) is 16.2. The number of alkyl halides is 3. The Morgan fingerprint density at radius 3 is 2.45 bits per heavy atom. The molecule has 0 radical (unpaired) electrons. The minimum absolute atomic E-state index is 0.241. The van der Waals surface area contributed by atoms with Crippen molar-refractivity contribution in [2.24, 2.45) is 0 Å². The molecule has 0 atom stereocenters. The number of hydrogen-bond acceptors (Lipinski definition) is 6. The molecule has 0 saturated carbocycles. The second-order valence-electron chi connectivity index (χ2n) is 7.07. The lowest BCUT2D eigenvalue weighted by Gasteiger charge is -2.24. The summed E-state index contributed by atoms with van der Waals surface area (Å²) in [6.07, 6.45) is -1.37. The predicted octanol–water partition coefficient (Wildman–Crippen LogP) is 3.77. The normalized spacial score (nSPS) is 14.9. The minimum Gasteiger partial charge on any atom is -0.444 e. The van der Waals surface area contributed by atoms with Crippen LogP contribution in [-0.2, 0) is 19.3 Å². The molecule has 0 unspecified atom stereocenters. The van der Waals surface area contributed by atoms with Crippen molar-refractivity contribution in [3.63, 3.8) is 0 Å². The van der Waals surface area contributed by atoms with E-state index >= 15 is 0 Å². The van der Waals surface area contributed by atoms with E-state index in [2.05, 4.69) is 14.9 Å². The second kappa shape index (κ2) is 8.34. The molecule has 0 fully saturated rings. The van der Waals surface area contributed by atoms with Crippen LogP contribution in [0.1, 0.15) is 11.3 Å². The Hall–Kier alpha value is -3.47. The van der Waals surface area contributed by atoms with Gasteiger partial charge in [0.1, 0.15) is 12.8 Å².